The van der Waals surface area contributed by atoms with Gasteiger partial charge in [-0.2, -0.15) is 0 Å². The van der Waals surface area contributed by atoms with E-state index in [1.807, 2.05) is 6.92 Å². The number of rotatable bonds is 3. The van der Waals surface area contributed by atoms with Crippen LogP contribution in [-0.2, 0) is 0 Å². The Kier molecular flexibility index (Phi) is 3.70. The van der Waals surface area contributed by atoms with Crippen LogP contribution in [0.5, 0.6) is 0 Å². The van der Waals surface area contributed by atoms with Gasteiger partial charge < -0.3 is 5.11 Å². The molecule has 0 aromatic rings. The van der Waals surface area contributed by atoms with Gasteiger partial charge in [0, 0.05) is 0 Å². The normalized spacial score (nSPS) is 16.9. The van der Waals surface area contributed by atoms with Crippen molar-refractivity contribution in [1.29, 1.82) is 0 Å². The van der Waals surface area contributed by atoms with E-state index in [1.54, 1.807) is 6.92 Å². The molecule has 0 aromatic carbocycles. The summed E-state index contributed by atoms with van der Waals surface area (Å²) in [6.45, 7) is 3.69. The number of hydrogen-bond acceptors (Lipinski definition) is 2. The largest absolute Gasteiger partial charge is 0.384 e. The van der Waals surface area contributed by atoms with Crippen LogP contribution in [0.15, 0.2) is 0 Å². The second-order valence-electron chi connectivity index (χ2n) is 2.33. The summed E-state index contributed by atoms with van der Waals surface area (Å²) in [5.74, 6) is 0. The van der Waals surface area contributed by atoms with Gasteiger partial charge >= 0.3 is 0 Å². The van der Waals surface area contributed by atoms with Crippen molar-refractivity contribution in [3.8, 4) is 0 Å². The highest BCUT2D eigenvalue weighted by Crippen LogP contribution is 2.15. The van der Waals surface area contributed by atoms with E-state index >= 15 is 0 Å². The molecular formula is C6H12OS2. The zero-order valence-corrected chi connectivity index (χ0v) is 7.43. The lowest BCUT2D eigenvalue weighted by molar-refractivity contribution is 0.127. The molecule has 0 spiro atoms. The maximum absolute atomic E-state index is 9.37. The summed E-state index contributed by atoms with van der Waals surface area (Å²) in [7, 11) is 0. The Morgan fingerprint density at radius 1 is 1.78 bits per heavy atom. The maximum Gasteiger partial charge on any atom is 0.102 e. The van der Waals surface area contributed by atoms with E-state index in [0.717, 1.165) is 6.42 Å². The molecule has 3 heteroatoms. The summed E-state index contributed by atoms with van der Waals surface area (Å²) >= 11 is 8.61. The lowest BCUT2D eigenvalue weighted by Crippen LogP contribution is -2.29. The molecule has 0 aromatic heterocycles. The van der Waals surface area contributed by atoms with Crippen LogP contribution in [0.25, 0.3) is 0 Å². The van der Waals surface area contributed by atoms with Crippen LogP contribution in [0.2, 0.25) is 0 Å². The van der Waals surface area contributed by atoms with Gasteiger partial charge in [-0.05, 0) is 13.3 Å². The van der Waals surface area contributed by atoms with Crippen molar-refractivity contribution < 1.29 is 5.11 Å². The molecule has 0 saturated carbocycles. The average Bonchev–Trinajstić information content (AvgIpc) is 1.65. The fraction of sp³-hybridized carbons (Fsp3) is 0.833. The molecule has 1 N–H and O–H groups in total. The van der Waals surface area contributed by atoms with Crippen molar-refractivity contribution in [3.63, 3.8) is 0 Å². The number of thiol groups is 1. The number of aliphatic hydroxyl groups is 1. The molecule has 0 bridgehead atoms. The minimum atomic E-state index is -0.854. The summed E-state index contributed by atoms with van der Waals surface area (Å²) in [4.78, 5) is 0. The van der Waals surface area contributed by atoms with E-state index in [4.69, 9.17) is 12.2 Å². The monoisotopic (exact) mass is 164 g/mol. The number of hydrogen-bond donors (Lipinski definition) is 2. The Bertz CT molecular complexity index is 110. The van der Waals surface area contributed by atoms with E-state index < -0.39 is 5.60 Å². The summed E-state index contributed by atoms with van der Waals surface area (Å²) in [6.07, 6.45) is 1.61. The quantitative estimate of drug-likeness (QED) is 0.490. The Hall–Kier alpha value is 0.400. The van der Waals surface area contributed by atoms with Crippen molar-refractivity contribution in [1.82, 2.24) is 0 Å². The molecule has 1 atom stereocenters. The summed E-state index contributed by atoms with van der Waals surface area (Å²) < 4.78 is 0.379. The van der Waals surface area contributed by atoms with Crippen LogP contribution < -0.4 is 0 Å². The first kappa shape index (κ1) is 9.40. The molecule has 0 heterocycles. The summed E-state index contributed by atoms with van der Waals surface area (Å²) in [5.41, 5.74) is -0.854. The molecular weight excluding hydrogens is 152 g/mol. The third-order valence-electron chi connectivity index (χ3n) is 1.20. The van der Waals surface area contributed by atoms with Gasteiger partial charge in [0.25, 0.3) is 0 Å². The molecule has 0 rings (SSSR count). The van der Waals surface area contributed by atoms with E-state index in [-0.39, 0.29) is 0 Å². The Morgan fingerprint density at radius 3 is 2.33 bits per heavy atom. The molecule has 0 aliphatic heterocycles. The molecule has 9 heavy (non-hydrogen) atoms. The van der Waals surface area contributed by atoms with Crippen LogP contribution in [0.3, 0.4) is 0 Å². The lowest BCUT2D eigenvalue weighted by atomic mass is 10.0. The van der Waals surface area contributed by atoms with Gasteiger partial charge in [0.2, 0.25) is 0 Å². The van der Waals surface area contributed by atoms with Crippen molar-refractivity contribution >= 4 is 29.0 Å². The van der Waals surface area contributed by atoms with Gasteiger partial charge in [0.15, 0.2) is 0 Å². The minimum absolute atomic E-state index is 0.379. The van der Waals surface area contributed by atoms with Crippen molar-refractivity contribution in [2.45, 2.75) is 32.3 Å². The third-order valence-corrected chi connectivity index (χ3v) is 2.12. The Labute approximate surface area is 66.9 Å². The first-order chi connectivity index (χ1) is 4.00. The first-order valence-corrected chi connectivity index (χ1v) is 3.82. The van der Waals surface area contributed by atoms with Gasteiger partial charge in [-0.25, -0.2) is 0 Å². The van der Waals surface area contributed by atoms with Crippen molar-refractivity contribution in [3.05, 3.63) is 0 Å². The highest BCUT2D eigenvalue weighted by molar-refractivity contribution is 8.11. The van der Waals surface area contributed by atoms with Crippen LogP contribution in [0.4, 0.5) is 0 Å². The standard InChI is InChI=1S/C6H12OS2/c1-3-4-6(2,7)5(8)9/h7H,3-4H2,1-2H3,(H,8,9). The molecule has 1 unspecified atom stereocenters. The van der Waals surface area contributed by atoms with Crippen LogP contribution in [0.1, 0.15) is 26.7 Å². The van der Waals surface area contributed by atoms with E-state index in [9.17, 15) is 5.11 Å². The van der Waals surface area contributed by atoms with Gasteiger partial charge in [0.05, 0.1) is 4.20 Å². The maximum atomic E-state index is 9.37. The van der Waals surface area contributed by atoms with Gasteiger partial charge in [-0.1, -0.05) is 25.6 Å². The molecule has 0 fully saturated rings. The zero-order chi connectivity index (χ0) is 7.49. The second kappa shape index (κ2) is 3.54. The van der Waals surface area contributed by atoms with Crippen LogP contribution in [0, 0.1) is 0 Å². The molecule has 0 amide bonds. The van der Waals surface area contributed by atoms with E-state index in [1.165, 1.54) is 0 Å². The summed E-state index contributed by atoms with van der Waals surface area (Å²) in [5, 5.41) is 9.37. The fourth-order valence-corrected chi connectivity index (χ4v) is 0.808. The van der Waals surface area contributed by atoms with Crippen LogP contribution >= 0.6 is 24.8 Å². The highest BCUT2D eigenvalue weighted by atomic mass is 32.1. The lowest BCUT2D eigenvalue weighted by Gasteiger charge is -2.19. The summed E-state index contributed by atoms with van der Waals surface area (Å²) in [6, 6.07) is 0. The highest BCUT2D eigenvalue weighted by Gasteiger charge is 2.21. The van der Waals surface area contributed by atoms with Crippen molar-refractivity contribution in [2.24, 2.45) is 0 Å². The van der Waals surface area contributed by atoms with Crippen molar-refractivity contribution in [2.75, 3.05) is 0 Å². The zero-order valence-electron chi connectivity index (χ0n) is 5.72. The Balaban J connectivity index is 3.85. The molecule has 54 valence electrons. The molecule has 1 nitrogen and oxygen atoms in total. The first-order valence-electron chi connectivity index (χ1n) is 2.96. The minimum Gasteiger partial charge on any atom is -0.384 e. The predicted molar refractivity (Wildman–Crippen MR) is 47.1 cm³/mol. The SMILES string of the molecule is CCCC(C)(O)C(=S)S. The molecule has 0 aliphatic rings. The van der Waals surface area contributed by atoms with E-state index in [0.29, 0.717) is 10.6 Å². The molecule has 0 radical (unpaired) electrons. The molecule has 0 aliphatic carbocycles. The number of thiocarbonyl (C=S) groups is 1. The smallest absolute Gasteiger partial charge is 0.102 e. The van der Waals surface area contributed by atoms with Gasteiger partial charge in [0.1, 0.15) is 5.60 Å². The molecule has 0 saturated heterocycles. The van der Waals surface area contributed by atoms with Gasteiger partial charge in [-0.15, -0.1) is 12.6 Å². The van der Waals surface area contributed by atoms with E-state index in [2.05, 4.69) is 12.6 Å². The van der Waals surface area contributed by atoms with Crippen LogP contribution in [-0.4, -0.2) is 14.9 Å². The fourth-order valence-electron chi connectivity index (χ4n) is 0.594. The Morgan fingerprint density at radius 2 is 2.22 bits per heavy atom. The van der Waals surface area contributed by atoms with Gasteiger partial charge in [-0.3, -0.25) is 0 Å². The third kappa shape index (κ3) is 3.18. The average molecular weight is 164 g/mol. The topological polar surface area (TPSA) is 20.2 Å². The second-order valence-corrected chi connectivity index (χ2v) is 3.49. The predicted octanol–water partition coefficient (Wildman–Crippen LogP) is 1.79.